The summed E-state index contributed by atoms with van der Waals surface area (Å²) in [5, 5.41) is 0. The van der Waals surface area contributed by atoms with Gasteiger partial charge in [0, 0.05) is 63.1 Å². The molecule has 2 aliphatic rings. The summed E-state index contributed by atoms with van der Waals surface area (Å²) in [6, 6.07) is 8.60. The number of benzene rings is 1. The van der Waals surface area contributed by atoms with Gasteiger partial charge >= 0.3 is 0 Å². The van der Waals surface area contributed by atoms with Gasteiger partial charge in [-0.05, 0) is 37.1 Å². The molecule has 4 rings (SSSR count). The van der Waals surface area contributed by atoms with Gasteiger partial charge in [-0.1, -0.05) is 12.1 Å². The quantitative estimate of drug-likeness (QED) is 0.762. The highest BCUT2D eigenvalue weighted by Crippen LogP contribution is 2.26. The van der Waals surface area contributed by atoms with Gasteiger partial charge in [-0.25, -0.2) is 0 Å². The van der Waals surface area contributed by atoms with Crippen LogP contribution in [0.1, 0.15) is 32.9 Å². The normalized spacial score (nSPS) is 17.7. The number of nitrogens with zero attached hydrogens (tertiary/aromatic N) is 3. The Labute approximate surface area is 161 Å². The molecule has 1 aromatic heterocycles. The fraction of sp³-hybridized carbons (Fsp3) is 0.500. The summed E-state index contributed by atoms with van der Waals surface area (Å²) in [4.78, 5) is 17.5. The van der Waals surface area contributed by atoms with Crippen LogP contribution in [0.5, 0.6) is 5.75 Å². The number of fused-ring (bicyclic) bond motifs is 1. The van der Waals surface area contributed by atoms with E-state index in [4.69, 9.17) is 4.74 Å². The summed E-state index contributed by atoms with van der Waals surface area (Å²) >= 11 is 0. The number of Topliss-reactive ketones (excluding diaryl/α,β-unsaturated/α-hetero) is 1. The number of aryl methyl sites for hydroxylation is 1. The van der Waals surface area contributed by atoms with E-state index in [9.17, 15) is 4.79 Å². The van der Waals surface area contributed by atoms with Crippen molar-refractivity contribution in [3.8, 4) is 5.75 Å². The van der Waals surface area contributed by atoms with Crippen molar-refractivity contribution in [1.29, 1.82) is 0 Å². The van der Waals surface area contributed by atoms with Crippen molar-refractivity contribution >= 4 is 5.78 Å². The van der Waals surface area contributed by atoms with Crippen LogP contribution < -0.4 is 4.74 Å². The van der Waals surface area contributed by atoms with Crippen molar-refractivity contribution in [2.45, 2.75) is 26.8 Å². The zero-order valence-corrected chi connectivity index (χ0v) is 16.6. The van der Waals surface area contributed by atoms with Crippen molar-refractivity contribution in [2.24, 2.45) is 7.05 Å². The standard InChI is InChI=1S/C22H29N3O2/c1-16-12-20(17(2)23(16)3)21(26)15-25-9-7-24(8-10-25)14-18-4-5-22-19(13-18)6-11-27-22/h4-5,12-13H,6-11,14-15H2,1-3H3. The topological polar surface area (TPSA) is 37.7 Å². The van der Waals surface area contributed by atoms with Gasteiger partial charge in [0.1, 0.15) is 5.75 Å². The van der Waals surface area contributed by atoms with Gasteiger partial charge in [0.15, 0.2) is 5.78 Å². The minimum atomic E-state index is 0.239. The number of aromatic nitrogens is 1. The minimum Gasteiger partial charge on any atom is -0.493 e. The van der Waals surface area contributed by atoms with Crippen LogP contribution in [0.4, 0.5) is 0 Å². The van der Waals surface area contributed by atoms with E-state index in [1.807, 2.05) is 27.0 Å². The smallest absolute Gasteiger partial charge is 0.178 e. The van der Waals surface area contributed by atoms with E-state index >= 15 is 0 Å². The third kappa shape index (κ3) is 3.80. The number of ketones is 1. The second-order valence-corrected chi connectivity index (χ2v) is 7.86. The van der Waals surface area contributed by atoms with Crippen LogP contribution >= 0.6 is 0 Å². The van der Waals surface area contributed by atoms with E-state index < -0.39 is 0 Å². The van der Waals surface area contributed by atoms with E-state index in [2.05, 4.69) is 32.6 Å². The maximum absolute atomic E-state index is 12.7. The molecule has 0 aliphatic carbocycles. The average Bonchev–Trinajstić information content (AvgIpc) is 3.23. The van der Waals surface area contributed by atoms with Gasteiger partial charge in [-0.3, -0.25) is 14.6 Å². The molecule has 1 saturated heterocycles. The lowest BCUT2D eigenvalue weighted by Crippen LogP contribution is -2.47. The van der Waals surface area contributed by atoms with Crippen LogP contribution in [-0.4, -0.2) is 59.5 Å². The van der Waals surface area contributed by atoms with Gasteiger partial charge < -0.3 is 9.30 Å². The Bertz CT molecular complexity index is 847. The number of ether oxygens (including phenoxy) is 1. The predicted octanol–water partition coefficient (Wildman–Crippen LogP) is 2.58. The third-order valence-corrected chi connectivity index (χ3v) is 6.07. The van der Waals surface area contributed by atoms with Gasteiger partial charge in [-0.2, -0.15) is 0 Å². The van der Waals surface area contributed by atoms with E-state index in [0.717, 1.165) is 68.5 Å². The Hall–Kier alpha value is -2.11. The average molecular weight is 367 g/mol. The third-order valence-electron chi connectivity index (χ3n) is 6.07. The van der Waals surface area contributed by atoms with E-state index in [-0.39, 0.29) is 5.78 Å². The molecule has 2 aromatic rings. The molecule has 0 atom stereocenters. The number of carbonyl (C=O) groups is 1. The predicted molar refractivity (Wildman–Crippen MR) is 107 cm³/mol. The SMILES string of the molecule is Cc1cc(C(=O)CN2CCN(Cc3ccc4c(c3)CCO4)CC2)c(C)n1C. The van der Waals surface area contributed by atoms with E-state index in [1.165, 1.54) is 11.1 Å². The molecule has 0 bridgehead atoms. The lowest BCUT2D eigenvalue weighted by atomic mass is 10.1. The Morgan fingerprint density at radius 2 is 1.81 bits per heavy atom. The fourth-order valence-corrected chi connectivity index (χ4v) is 4.13. The van der Waals surface area contributed by atoms with Crippen LogP contribution in [0.2, 0.25) is 0 Å². The van der Waals surface area contributed by atoms with Crippen LogP contribution in [0, 0.1) is 13.8 Å². The molecule has 0 amide bonds. The molecule has 0 unspecified atom stereocenters. The van der Waals surface area contributed by atoms with Crippen molar-refractivity contribution < 1.29 is 9.53 Å². The molecule has 1 aromatic carbocycles. The van der Waals surface area contributed by atoms with Crippen LogP contribution in [0.25, 0.3) is 0 Å². The van der Waals surface area contributed by atoms with Crippen LogP contribution in [0.15, 0.2) is 24.3 Å². The Morgan fingerprint density at radius 3 is 2.52 bits per heavy atom. The molecule has 0 spiro atoms. The van der Waals surface area contributed by atoms with Gasteiger partial charge in [0.25, 0.3) is 0 Å². The second-order valence-electron chi connectivity index (χ2n) is 7.86. The maximum Gasteiger partial charge on any atom is 0.178 e. The second kappa shape index (κ2) is 7.49. The molecule has 0 radical (unpaired) electrons. The Balaban J connectivity index is 1.30. The molecule has 2 aliphatic heterocycles. The number of hydrogen-bond acceptors (Lipinski definition) is 4. The van der Waals surface area contributed by atoms with E-state index in [0.29, 0.717) is 6.54 Å². The van der Waals surface area contributed by atoms with Crippen LogP contribution in [0.3, 0.4) is 0 Å². The fourth-order valence-electron chi connectivity index (χ4n) is 4.13. The molecule has 0 N–H and O–H groups in total. The summed E-state index contributed by atoms with van der Waals surface area (Å²) < 4.78 is 7.68. The van der Waals surface area contributed by atoms with Gasteiger partial charge in [0.05, 0.1) is 13.2 Å². The molecular weight excluding hydrogens is 338 g/mol. The summed E-state index contributed by atoms with van der Waals surface area (Å²) in [6.45, 7) is 10.3. The largest absolute Gasteiger partial charge is 0.493 e. The highest BCUT2D eigenvalue weighted by molar-refractivity contribution is 5.99. The Kier molecular flexibility index (Phi) is 5.06. The summed E-state index contributed by atoms with van der Waals surface area (Å²) in [5.41, 5.74) is 5.78. The molecule has 0 saturated carbocycles. The summed E-state index contributed by atoms with van der Waals surface area (Å²) in [7, 11) is 2.02. The lowest BCUT2D eigenvalue weighted by molar-refractivity contribution is 0.0843. The molecule has 1 fully saturated rings. The summed E-state index contributed by atoms with van der Waals surface area (Å²) in [6.07, 6.45) is 1.03. The first-order chi connectivity index (χ1) is 13.0. The van der Waals surface area contributed by atoms with Crippen molar-refractivity contribution in [3.63, 3.8) is 0 Å². The zero-order chi connectivity index (χ0) is 19.0. The van der Waals surface area contributed by atoms with Gasteiger partial charge in [-0.15, -0.1) is 0 Å². The Morgan fingerprint density at radius 1 is 1.07 bits per heavy atom. The van der Waals surface area contributed by atoms with Gasteiger partial charge in [0.2, 0.25) is 0 Å². The molecule has 5 nitrogen and oxygen atoms in total. The first-order valence-corrected chi connectivity index (χ1v) is 9.86. The minimum absolute atomic E-state index is 0.239. The molecular formula is C22H29N3O2. The summed E-state index contributed by atoms with van der Waals surface area (Å²) in [5.74, 6) is 1.29. The molecule has 27 heavy (non-hydrogen) atoms. The first-order valence-electron chi connectivity index (χ1n) is 9.86. The molecule has 144 valence electrons. The number of rotatable bonds is 5. The van der Waals surface area contributed by atoms with Crippen molar-refractivity contribution in [2.75, 3.05) is 39.3 Å². The number of piperazine rings is 1. The lowest BCUT2D eigenvalue weighted by Gasteiger charge is -2.34. The van der Waals surface area contributed by atoms with Crippen LogP contribution in [-0.2, 0) is 20.0 Å². The molecule has 5 heteroatoms. The molecule has 3 heterocycles. The highest BCUT2D eigenvalue weighted by Gasteiger charge is 2.22. The number of carbonyl (C=O) groups excluding carboxylic acids is 1. The van der Waals surface area contributed by atoms with Crippen molar-refractivity contribution in [1.82, 2.24) is 14.4 Å². The van der Waals surface area contributed by atoms with Crippen molar-refractivity contribution in [3.05, 3.63) is 52.3 Å². The maximum atomic E-state index is 12.7. The zero-order valence-electron chi connectivity index (χ0n) is 16.6. The highest BCUT2D eigenvalue weighted by atomic mass is 16.5. The monoisotopic (exact) mass is 367 g/mol. The van der Waals surface area contributed by atoms with E-state index in [1.54, 1.807) is 0 Å². The first kappa shape index (κ1) is 18.3. The number of hydrogen-bond donors (Lipinski definition) is 0.